The summed E-state index contributed by atoms with van der Waals surface area (Å²) in [6.45, 7) is 2.36. The van der Waals surface area contributed by atoms with Crippen molar-refractivity contribution in [1.29, 1.82) is 5.26 Å². The summed E-state index contributed by atoms with van der Waals surface area (Å²) in [5, 5.41) is 15.2. The summed E-state index contributed by atoms with van der Waals surface area (Å²) < 4.78 is 47.5. The van der Waals surface area contributed by atoms with Gasteiger partial charge in [0.2, 0.25) is 5.91 Å². The van der Waals surface area contributed by atoms with E-state index in [4.69, 9.17) is 4.74 Å². The molecule has 2 heterocycles. The highest BCUT2D eigenvalue weighted by atomic mass is 19.1. The molecule has 2 aliphatic heterocycles. The summed E-state index contributed by atoms with van der Waals surface area (Å²) in [5.74, 6) is -2.28. The van der Waals surface area contributed by atoms with Crippen LogP contribution < -0.4 is 20.4 Å². The van der Waals surface area contributed by atoms with Crippen molar-refractivity contribution in [3.05, 3.63) is 53.8 Å². The minimum absolute atomic E-state index is 0.0336. The number of hydrogen-bond donors (Lipinski definition) is 2. The van der Waals surface area contributed by atoms with E-state index in [9.17, 15) is 23.6 Å². The number of nitrogens with zero attached hydrogens (tertiary/aromatic N) is 3. The van der Waals surface area contributed by atoms with Gasteiger partial charge in [0.05, 0.1) is 36.2 Å². The maximum atomic E-state index is 15.0. The van der Waals surface area contributed by atoms with Crippen LogP contribution in [0.1, 0.15) is 19.8 Å². The standard InChI is InChI=1S/C24H24F3N5O3/c1-15(33)29-12-18-13-32(23(34)35-18)17-3-5-22(20(27)11-17)31-8-6-24(14-28,7-9-31)30-21-4-2-16(25)10-19(21)26/h2-5,10-11,18,30H,6-9,12-13H2,1H3,(H,29,33). The van der Waals surface area contributed by atoms with Crippen molar-refractivity contribution in [3.63, 3.8) is 0 Å². The second kappa shape index (κ2) is 9.74. The van der Waals surface area contributed by atoms with Crippen molar-refractivity contribution in [2.75, 3.05) is 41.3 Å². The van der Waals surface area contributed by atoms with Crippen molar-refractivity contribution in [2.24, 2.45) is 0 Å². The van der Waals surface area contributed by atoms with Crippen LogP contribution in [0.2, 0.25) is 0 Å². The van der Waals surface area contributed by atoms with E-state index in [1.54, 1.807) is 17.0 Å². The molecule has 0 bridgehead atoms. The molecule has 0 radical (unpaired) electrons. The number of benzene rings is 2. The highest BCUT2D eigenvalue weighted by Crippen LogP contribution is 2.33. The lowest BCUT2D eigenvalue weighted by Gasteiger charge is -2.39. The Morgan fingerprint density at radius 1 is 1.17 bits per heavy atom. The lowest BCUT2D eigenvalue weighted by atomic mass is 9.88. The quantitative estimate of drug-likeness (QED) is 0.647. The first kappa shape index (κ1) is 24.2. The van der Waals surface area contributed by atoms with Gasteiger partial charge in [-0.2, -0.15) is 5.26 Å². The topological polar surface area (TPSA) is 97.7 Å². The second-order valence-electron chi connectivity index (χ2n) is 8.62. The molecule has 0 saturated carbocycles. The van der Waals surface area contributed by atoms with Crippen LogP contribution in [0.25, 0.3) is 0 Å². The summed E-state index contributed by atoms with van der Waals surface area (Å²) >= 11 is 0. The molecule has 8 nitrogen and oxygen atoms in total. The zero-order valence-electron chi connectivity index (χ0n) is 19.0. The van der Waals surface area contributed by atoms with Gasteiger partial charge in [0.1, 0.15) is 29.1 Å². The Morgan fingerprint density at radius 3 is 2.54 bits per heavy atom. The van der Waals surface area contributed by atoms with Crippen molar-refractivity contribution in [3.8, 4) is 6.07 Å². The fraction of sp³-hybridized carbons (Fsp3) is 0.375. The maximum absolute atomic E-state index is 15.0. The molecule has 184 valence electrons. The van der Waals surface area contributed by atoms with E-state index < -0.39 is 35.2 Å². The first-order chi connectivity index (χ1) is 16.7. The average Bonchev–Trinajstić information content (AvgIpc) is 3.20. The molecule has 35 heavy (non-hydrogen) atoms. The van der Waals surface area contributed by atoms with Gasteiger partial charge in [0.15, 0.2) is 0 Å². The van der Waals surface area contributed by atoms with Gasteiger partial charge in [-0.05, 0) is 30.3 Å². The van der Waals surface area contributed by atoms with Crippen LogP contribution in [0, 0.1) is 28.8 Å². The van der Waals surface area contributed by atoms with Gasteiger partial charge in [-0.1, -0.05) is 0 Å². The van der Waals surface area contributed by atoms with Crippen molar-refractivity contribution in [1.82, 2.24) is 5.32 Å². The van der Waals surface area contributed by atoms with Gasteiger partial charge in [0.25, 0.3) is 0 Å². The third-order valence-electron chi connectivity index (χ3n) is 6.17. The van der Waals surface area contributed by atoms with Crippen LogP contribution >= 0.6 is 0 Å². The zero-order valence-corrected chi connectivity index (χ0v) is 19.0. The molecule has 2 saturated heterocycles. The molecular weight excluding hydrogens is 463 g/mol. The molecular formula is C24H24F3N5O3. The number of carbonyl (C=O) groups excluding carboxylic acids is 2. The van der Waals surface area contributed by atoms with Crippen LogP contribution in [0.4, 0.5) is 35.0 Å². The summed E-state index contributed by atoms with van der Waals surface area (Å²) in [5.41, 5.74) is -0.395. The highest BCUT2D eigenvalue weighted by Gasteiger charge is 2.37. The van der Waals surface area contributed by atoms with Crippen LogP contribution in [-0.2, 0) is 9.53 Å². The van der Waals surface area contributed by atoms with E-state index in [1.165, 1.54) is 24.0 Å². The summed E-state index contributed by atoms with van der Waals surface area (Å²) in [6, 6.07) is 9.72. The molecule has 11 heteroatoms. The third-order valence-corrected chi connectivity index (χ3v) is 6.17. The largest absolute Gasteiger partial charge is 0.442 e. The SMILES string of the molecule is CC(=O)NCC1CN(c2ccc(N3CCC(C#N)(Nc4ccc(F)cc4F)CC3)c(F)c2)C(=O)O1. The van der Waals surface area contributed by atoms with Crippen LogP contribution in [0.3, 0.4) is 0 Å². The van der Waals surface area contributed by atoms with Crippen molar-refractivity contribution in [2.45, 2.75) is 31.4 Å². The van der Waals surface area contributed by atoms with Gasteiger partial charge in [-0.3, -0.25) is 9.69 Å². The van der Waals surface area contributed by atoms with E-state index in [0.717, 1.165) is 12.1 Å². The molecule has 2 aromatic carbocycles. The predicted molar refractivity (Wildman–Crippen MR) is 122 cm³/mol. The molecule has 2 fully saturated rings. The Bertz CT molecular complexity index is 1180. The molecule has 0 aromatic heterocycles. The number of anilines is 3. The number of rotatable bonds is 6. The fourth-order valence-electron chi connectivity index (χ4n) is 4.26. The molecule has 1 atom stereocenters. The number of amides is 2. The Morgan fingerprint density at radius 2 is 1.91 bits per heavy atom. The lowest BCUT2D eigenvalue weighted by molar-refractivity contribution is -0.119. The van der Waals surface area contributed by atoms with Gasteiger partial charge in [-0.15, -0.1) is 0 Å². The minimum atomic E-state index is -1.08. The van der Waals surface area contributed by atoms with E-state index in [2.05, 4.69) is 16.7 Å². The van der Waals surface area contributed by atoms with Crippen LogP contribution in [-0.4, -0.2) is 49.8 Å². The van der Waals surface area contributed by atoms with E-state index in [-0.39, 0.29) is 37.5 Å². The number of carbonyl (C=O) groups is 2. The summed E-state index contributed by atoms with van der Waals surface area (Å²) in [7, 11) is 0. The number of piperidine rings is 1. The highest BCUT2D eigenvalue weighted by molar-refractivity contribution is 5.90. The predicted octanol–water partition coefficient (Wildman–Crippen LogP) is 3.54. The Kier molecular flexibility index (Phi) is 6.73. The molecule has 2 N–H and O–H groups in total. The summed E-state index contributed by atoms with van der Waals surface area (Å²) in [6.07, 6.45) is -0.590. The molecule has 0 spiro atoms. The van der Waals surface area contributed by atoms with E-state index in [0.29, 0.717) is 24.5 Å². The molecule has 2 amide bonds. The second-order valence-corrected chi connectivity index (χ2v) is 8.62. The average molecular weight is 487 g/mol. The van der Waals surface area contributed by atoms with Crippen molar-refractivity contribution < 1.29 is 27.5 Å². The minimum Gasteiger partial charge on any atom is -0.442 e. The smallest absolute Gasteiger partial charge is 0.414 e. The summed E-state index contributed by atoms with van der Waals surface area (Å²) in [4.78, 5) is 26.4. The maximum Gasteiger partial charge on any atom is 0.414 e. The van der Waals surface area contributed by atoms with E-state index >= 15 is 4.39 Å². The first-order valence-electron chi connectivity index (χ1n) is 11.1. The molecule has 2 aromatic rings. The fourth-order valence-corrected chi connectivity index (χ4v) is 4.26. The lowest BCUT2D eigenvalue weighted by Crippen LogP contribution is -2.48. The zero-order chi connectivity index (χ0) is 25.2. The van der Waals surface area contributed by atoms with Gasteiger partial charge < -0.3 is 20.3 Å². The Balaban J connectivity index is 1.41. The molecule has 2 aliphatic rings. The van der Waals surface area contributed by atoms with Crippen molar-refractivity contribution >= 4 is 29.1 Å². The monoisotopic (exact) mass is 487 g/mol. The number of cyclic esters (lactones) is 1. The number of nitriles is 1. The number of hydrogen-bond acceptors (Lipinski definition) is 6. The Hall–Kier alpha value is -3.94. The molecule has 1 unspecified atom stereocenters. The number of ether oxygens (including phenoxy) is 1. The van der Waals surface area contributed by atoms with E-state index in [1.807, 2.05) is 0 Å². The molecule has 4 rings (SSSR count). The van der Waals surface area contributed by atoms with Crippen LogP contribution in [0.5, 0.6) is 0 Å². The third kappa shape index (κ3) is 5.26. The van der Waals surface area contributed by atoms with Gasteiger partial charge in [-0.25, -0.2) is 18.0 Å². The number of nitrogens with one attached hydrogen (secondary N) is 2. The van der Waals surface area contributed by atoms with Crippen LogP contribution in [0.15, 0.2) is 36.4 Å². The number of halogens is 3. The van der Waals surface area contributed by atoms with Gasteiger partial charge in [0, 0.05) is 38.9 Å². The normalized spacial score (nSPS) is 19.2. The first-order valence-corrected chi connectivity index (χ1v) is 11.1. The molecule has 0 aliphatic carbocycles. The Labute approximate surface area is 200 Å². The van der Waals surface area contributed by atoms with Gasteiger partial charge >= 0.3 is 6.09 Å².